The molecule has 0 heterocycles. The van der Waals surface area contributed by atoms with Gasteiger partial charge < -0.3 is 5.11 Å². The van der Waals surface area contributed by atoms with Crippen molar-refractivity contribution in [3.05, 3.63) is 37.9 Å². The van der Waals surface area contributed by atoms with Crippen molar-refractivity contribution in [2.24, 2.45) is 0 Å². The summed E-state index contributed by atoms with van der Waals surface area (Å²) in [7, 11) is 0. The first kappa shape index (κ1) is 12.9. The Balaban J connectivity index is 3.59. The number of aromatic hydroxyl groups is 1. The van der Waals surface area contributed by atoms with Crippen LogP contribution >= 0.6 is 0 Å². The highest BCUT2D eigenvalue weighted by Crippen LogP contribution is 2.39. The highest BCUT2D eigenvalue weighted by atomic mass is 16.6. The number of rotatable bonds is 2. The molecule has 7 nitrogen and oxygen atoms in total. The van der Waals surface area contributed by atoms with Crippen molar-refractivity contribution >= 4 is 11.4 Å². The van der Waals surface area contributed by atoms with Gasteiger partial charge in [0.2, 0.25) is 0 Å². The first-order valence-corrected chi connectivity index (χ1v) is 4.81. The van der Waals surface area contributed by atoms with Crippen LogP contribution in [0.4, 0.5) is 11.4 Å². The summed E-state index contributed by atoms with van der Waals surface area (Å²) >= 11 is 0. The number of phenolic OH excluding ortho intramolecular Hbond substituents is 1. The lowest BCUT2D eigenvalue weighted by molar-refractivity contribution is -0.396. The summed E-state index contributed by atoms with van der Waals surface area (Å²) in [5, 5.41) is 30.8. The Hall–Kier alpha value is -2.18. The van der Waals surface area contributed by atoms with E-state index >= 15 is 0 Å². The van der Waals surface area contributed by atoms with E-state index in [2.05, 4.69) is 0 Å². The third kappa shape index (κ3) is 2.49. The zero-order valence-corrected chi connectivity index (χ0v) is 9.63. The molecule has 0 saturated carbocycles. The molecule has 1 aromatic carbocycles. The molecular weight excluding hydrogens is 228 g/mol. The van der Waals surface area contributed by atoms with Gasteiger partial charge in [-0.25, -0.2) is 0 Å². The molecule has 0 aliphatic rings. The molecule has 0 amide bonds. The molecule has 17 heavy (non-hydrogen) atoms. The summed E-state index contributed by atoms with van der Waals surface area (Å²) in [4.78, 5) is 19.7. The summed E-state index contributed by atoms with van der Waals surface area (Å²) in [5.41, 5.74) is -1.36. The second-order valence-corrected chi connectivity index (χ2v) is 4.63. The van der Waals surface area contributed by atoms with Crippen LogP contribution in [0.2, 0.25) is 0 Å². The lowest BCUT2D eigenvalue weighted by atomic mass is 9.86. The molecule has 0 unspecified atom stereocenters. The van der Waals surface area contributed by atoms with Crippen LogP contribution in [0.25, 0.3) is 0 Å². The van der Waals surface area contributed by atoms with Gasteiger partial charge in [-0.2, -0.15) is 0 Å². The maximum Gasteiger partial charge on any atom is 0.318 e. The molecule has 0 spiro atoms. The molecule has 0 bridgehead atoms. The predicted molar refractivity (Wildman–Crippen MR) is 60.1 cm³/mol. The van der Waals surface area contributed by atoms with Gasteiger partial charge >= 0.3 is 11.4 Å². The molecule has 0 saturated heterocycles. The zero-order chi connectivity index (χ0) is 13.4. The van der Waals surface area contributed by atoms with Gasteiger partial charge in [-0.3, -0.25) is 20.2 Å². The average molecular weight is 240 g/mol. The predicted octanol–water partition coefficient (Wildman–Crippen LogP) is 2.51. The molecular formula is C10H12N2O5. The van der Waals surface area contributed by atoms with Gasteiger partial charge in [0.15, 0.2) is 0 Å². The van der Waals surface area contributed by atoms with E-state index in [1.54, 1.807) is 20.8 Å². The Labute approximate surface area is 97.0 Å². The van der Waals surface area contributed by atoms with Crippen LogP contribution in [0.3, 0.4) is 0 Å². The van der Waals surface area contributed by atoms with Crippen molar-refractivity contribution in [3.8, 4) is 5.75 Å². The van der Waals surface area contributed by atoms with Gasteiger partial charge in [-0.15, -0.1) is 0 Å². The average Bonchev–Trinajstić information content (AvgIpc) is 2.14. The minimum Gasteiger partial charge on any atom is -0.497 e. The van der Waals surface area contributed by atoms with Gasteiger partial charge in [-0.1, -0.05) is 20.8 Å². The van der Waals surface area contributed by atoms with Gasteiger partial charge in [0, 0.05) is 12.1 Å². The monoisotopic (exact) mass is 240 g/mol. The highest BCUT2D eigenvalue weighted by molar-refractivity contribution is 5.61. The number of nitro groups is 2. The molecule has 1 N–H and O–H groups in total. The van der Waals surface area contributed by atoms with Gasteiger partial charge in [0.25, 0.3) is 5.75 Å². The lowest BCUT2D eigenvalue weighted by Crippen LogP contribution is -2.12. The quantitative estimate of drug-likeness (QED) is 0.631. The number of nitro benzene ring substituents is 2. The Kier molecular flexibility index (Phi) is 3.03. The van der Waals surface area contributed by atoms with Crippen molar-refractivity contribution in [2.75, 3.05) is 0 Å². The molecule has 0 aromatic heterocycles. The summed E-state index contributed by atoms with van der Waals surface area (Å²) in [5.74, 6) is -0.909. The maximum absolute atomic E-state index is 10.7. The van der Waals surface area contributed by atoms with Gasteiger partial charge in [-0.05, 0) is 11.0 Å². The third-order valence-corrected chi connectivity index (χ3v) is 2.33. The summed E-state index contributed by atoms with van der Waals surface area (Å²) in [6.45, 7) is 5.31. The Morgan fingerprint density at radius 3 is 1.65 bits per heavy atom. The smallest absolute Gasteiger partial charge is 0.318 e. The Bertz CT molecular complexity index is 455. The van der Waals surface area contributed by atoms with E-state index in [4.69, 9.17) is 0 Å². The lowest BCUT2D eigenvalue weighted by Gasteiger charge is -2.18. The largest absolute Gasteiger partial charge is 0.497 e. The van der Waals surface area contributed by atoms with Crippen LogP contribution < -0.4 is 0 Å². The summed E-state index contributed by atoms with van der Waals surface area (Å²) in [6, 6.07) is 2.31. The zero-order valence-electron chi connectivity index (χ0n) is 9.63. The number of benzene rings is 1. The molecule has 0 aliphatic carbocycles. The van der Waals surface area contributed by atoms with Crippen LogP contribution in [0.5, 0.6) is 5.75 Å². The number of nitrogens with zero attached hydrogens (tertiary/aromatic N) is 2. The Morgan fingerprint density at radius 1 is 1.06 bits per heavy atom. The van der Waals surface area contributed by atoms with Crippen molar-refractivity contribution in [1.29, 1.82) is 0 Å². The van der Waals surface area contributed by atoms with Crippen molar-refractivity contribution < 1.29 is 15.0 Å². The summed E-state index contributed by atoms with van der Waals surface area (Å²) < 4.78 is 0. The standard InChI is InChI=1S/C10H12N2O5/c1-10(2,3)6-4-7(11(14)15)9(13)8(5-6)12(16)17/h4-5,13H,1-3H3. The maximum atomic E-state index is 10.7. The van der Waals surface area contributed by atoms with Gasteiger partial charge in [0.05, 0.1) is 9.85 Å². The van der Waals surface area contributed by atoms with E-state index in [1.807, 2.05) is 0 Å². The SMILES string of the molecule is CC(C)(C)c1cc([N+](=O)[O-])c(O)c([N+](=O)[O-])c1. The first-order chi connectivity index (χ1) is 7.64. The van der Waals surface area contributed by atoms with Crippen molar-refractivity contribution in [3.63, 3.8) is 0 Å². The van der Waals surface area contributed by atoms with Crippen molar-refractivity contribution in [2.45, 2.75) is 26.2 Å². The number of hydrogen-bond donors (Lipinski definition) is 1. The molecule has 7 heteroatoms. The number of phenols is 1. The summed E-state index contributed by atoms with van der Waals surface area (Å²) in [6.07, 6.45) is 0. The fraction of sp³-hybridized carbons (Fsp3) is 0.400. The van der Waals surface area contributed by atoms with E-state index in [0.717, 1.165) is 12.1 Å². The first-order valence-electron chi connectivity index (χ1n) is 4.81. The normalized spacial score (nSPS) is 11.2. The Morgan fingerprint density at radius 2 is 1.41 bits per heavy atom. The van der Waals surface area contributed by atoms with Crippen LogP contribution in [-0.2, 0) is 5.41 Å². The fourth-order valence-corrected chi connectivity index (χ4v) is 1.32. The highest BCUT2D eigenvalue weighted by Gasteiger charge is 2.29. The van der Waals surface area contributed by atoms with E-state index in [9.17, 15) is 25.3 Å². The van der Waals surface area contributed by atoms with E-state index < -0.39 is 32.4 Å². The van der Waals surface area contributed by atoms with E-state index in [0.29, 0.717) is 5.56 Å². The van der Waals surface area contributed by atoms with Gasteiger partial charge in [0.1, 0.15) is 0 Å². The van der Waals surface area contributed by atoms with E-state index in [-0.39, 0.29) is 0 Å². The molecule has 0 aliphatic heterocycles. The molecule has 0 radical (unpaired) electrons. The molecule has 0 fully saturated rings. The van der Waals surface area contributed by atoms with Crippen LogP contribution in [0, 0.1) is 20.2 Å². The third-order valence-electron chi connectivity index (χ3n) is 2.33. The molecule has 1 aromatic rings. The van der Waals surface area contributed by atoms with E-state index in [1.165, 1.54) is 0 Å². The minimum atomic E-state index is -0.909. The molecule has 92 valence electrons. The van der Waals surface area contributed by atoms with Crippen LogP contribution in [0.1, 0.15) is 26.3 Å². The van der Waals surface area contributed by atoms with Crippen LogP contribution in [-0.4, -0.2) is 15.0 Å². The molecule has 0 atom stereocenters. The topological polar surface area (TPSA) is 107 Å². The second-order valence-electron chi connectivity index (χ2n) is 4.63. The second kappa shape index (κ2) is 4.00. The van der Waals surface area contributed by atoms with Crippen LogP contribution in [0.15, 0.2) is 12.1 Å². The molecule has 1 rings (SSSR count). The fourth-order valence-electron chi connectivity index (χ4n) is 1.32. The number of hydrogen-bond acceptors (Lipinski definition) is 5. The van der Waals surface area contributed by atoms with Crippen molar-refractivity contribution in [1.82, 2.24) is 0 Å². The minimum absolute atomic E-state index is 0.425.